The van der Waals surface area contributed by atoms with E-state index in [9.17, 15) is 9.59 Å². The van der Waals surface area contributed by atoms with Gasteiger partial charge in [0.15, 0.2) is 0 Å². The molecule has 4 heteroatoms. The molecular weight excluding hydrogens is 206 g/mol. The first-order chi connectivity index (χ1) is 7.62. The first-order valence-electron chi connectivity index (χ1n) is 6.11. The fraction of sp³-hybridized carbons (Fsp3) is 0.833. The lowest BCUT2D eigenvalue weighted by Gasteiger charge is -2.46. The van der Waals surface area contributed by atoms with Crippen molar-refractivity contribution in [2.24, 2.45) is 0 Å². The number of ether oxygens (including phenoxy) is 1. The molecule has 1 heterocycles. The van der Waals surface area contributed by atoms with E-state index in [2.05, 4.69) is 5.32 Å². The summed E-state index contributed by atoms with van der Waals surface area (Å²) in [5.41, 5.74) is -0.265. The number of esters is 1. The Morgan fingerprint density at radius 2 is 2.12 bits per heavy atom. The van der Waals surface area contributed by atoms with Gasteiger partial charge in [-0.25, -0.2) is 0 Å². The molecule has 90 valence electrons. The summed E-state index contributed by atoms with van der Waals surface area (Å²) >= 11 is 0. The number of amides is 1. The number of rotatable bonds is 1. The van der Waals surface area contributed by atoms with Crippen LogP contribution in [0.2, 0.25) is 0 Å². The Labute approximate surface area is 95.7 Å². The Morgan fingerprint density at radius 3 is 2.81 bits per heavy atom. The van der Waals surface area contributed by atoms with E-state index in [4.69, 9.17) is 4.74 Å². The first kappa shape index (κ1) is 11.4. The normalized spacial score (nSPS) is 34.6. The fourth-order valence-corrected chi connectivity index (χ4v) is 2.98. The topological polar surface area (TPSA) is 55.4 Å². The van der Waals surface area contributed by atoms with E-state index < -0.39 is 0 Å². The monoisotopic (exact) mass is 225 g/mol. The van der Waals surface area contributed by atoms with Gasteiger partial charge in [0, 0.05) is 13.3 Å². The maximum absolute atomic E-state index is 11.5. The van der Waals surface area contributed by atoms with Gasteiger partial charge in [0.05, 0.1) is 5.54 Å². The third-order valence-corrected chi connectivity index (χ3v) is 3.68. The quantitative estimate of drug-likeness (QED) is 0.688. The summed E-state index contributed by atoms with van der Waals surface area (Å²) < 4.78 is 5.38. The second-order valence-electron chi connectivity index (χ2n) is 4.90. The minimum atomic E-state index is -0.265. The Kier molecular flexibility index (Phi) is 3.17. The Hall–Kier alpha value is -1.06. The van der Waals surface area contributed by atoms with Crippen LogP contribution in [0.4, 0.5) is 0 Å². The molecule has 1 amide bonds. The van der Waals surface area contributed by atoms with Crippen molar-refractivity contribution in [3.05, 3.63) is 0 Å². The Bertz CT molecular complexity index is 299. The molecule has 1 saturated heterocycles. The van der Waals surface area contributed by atoms with Crippen LogP contribution in [0.3, 0.4) is 0 Å². The number of nitrogens with one attached hydrogen (secondary N) is 1. The summed E-state index contributed by atoms with van der Waals surface area (Å²) in [6.07, 6.45) is 6.34. The standard InChI is InChI=1S/C12H19NO3/c1-9(14)16-10-5-2-3-7-12(10)8-4-6-11(15)13-12/h10H,2-8H2,1H3,(H,13,15)/t10-,12+/m0/s1. The first-order valence-corrected chi connectivity index (χ1v) is 6.11. The smallest absolute Gasteiger partial charge is 0.302 e. The number of carbonyl (C=O) groups excluding carboxylic acids is 2. The van der Waals surface area contributed by atoms with Gasteiger partial charge >= 0.3 is 5.97 Å². The molecular formula is C12H19NO3. The highest BCUT2D eigenvalue weighted by molar-refractivity contribution is 5.78. The molecule has 0 aromatic heterocycles. The number of hydrogen-bond donors (Lipinski definition) is 1. The predicted molar refractivity (Wildman–Crippen MR) is 58.7 cm³/mol. The van der Waals surface area contributed by atoms with Crippen molar-refractivity contribution < 1.29 is 14.3 Å². The van der Waals surface area contributed by atoms with E-state index in [1.807, 2.05) is 0 Å². The van der Waals surface area contributed by atoms with Gasteiger partial charge in [-0.3, -0.25) is 9.59 Å². The van der Waals surface area contributed by atoms with Crippen LogP contribution in [0.25, 0.3) is 0 Å². The molecule has 2 rings (SSSR count). The van der Waals surface area contributed by atoms with Crippen LogP contribution >= 0.6 is 0 Å². The molecule has 1 spiro atoms. The van der Waals surface area contributed by atoms with E-state index in [0.717, 1.165) is 38.5 Å². The molecule has 1 N–H and O–H groups in total. The van der Waals surface area contributed by atoms with Crippen molar-refractivity contribution in [1.82, 2.24) is 5.32 Å². The molecule has 2 atom stereocenters. The van der Waals surface area contributed by atoms with Crippen LogP contribution in [0.5, 0.6) is 0 Å². The molecule has 0 unspecified atom stereocenters. The lowest BCUT2D eigenvalue weighted by Crippen LogP contribution is -2.61. The molecule has 0 aromatic carbocycles. The second kappa shape index (κ2) is 4.44. The van der Waals surface area contributed by atoms with Crippen LogP contribution in [0.1, 0.15) is 51.9 Å². The summed E-state index contributed by atoms with van der Waals surface area (Å²) in [4.78, 5) is 22.6. The summed E-state index contributed by atoms with van der Waals surface area (Å²) in [5.74, 6) is -0.142. The van der Waals surface area contributed by atoms with Crippen LogP contribution in [0, 0.1) is 0 Å². The molecule has 0 radical (unpaired) electrons. The summed E-state index contributed by atoms with van der Waals surface area (Å²) in [6.45, 7) is 1.44. The van der Waals surface area contributed by atoms with E-state index in [-0.39, 0.29) is 23.5 Å². The van der Waals surface area contributed by atoms with E-state index >= 15 is 0 Å². The Balaban J connectivity index is 2.13. The predicted octanol–water partition coefficient (Wildman–Crippen LogP) is 1.53. The molecule has 4 nitrogen and oxygen atoms in total. The highest BCUT2D eigenvalue weighted by Gasteiger charge is 2.45. The van der Waals surface area contributed by atoms with Crippen molar-refractivity contribution in [3.63, 3.8) is 0 Å². The molecule has 0 aromatic rings. The third kappa shape index (κ3) is 2.20. The minimum absolute atomic E-state index is 0.102. The number of piperidine rings is 1. The average Bonchev–Trinajstić information content (AvgIpc) is 2.21. The number of hydrogen-bond acceptors (Lipinski definition) is 3. The zero-order valence-electron chi connectivity index (χ0n) is 9.75. The fourth-order valence-electron chi connectivity index (χ4n) is 2.98. The maximum atomic E-state index is 11.5. The van der Waals surface area contributed by atoms with Crippen molar-refractivity contribution in [2.45, 2.75) is 63.5 Å². The van der Waals surface area contributed by atoms with Crippen LogP contribution in [0.15, 0.2) is 0 Å². The molecule has 2 aliphatic rings. The third-order valence-electron chi connectivity index (χ3n) is 3.68. The second-order valence-corrected chi connectivity index (χ2v) is 4.90. The minimum Gasteiger partial charge on any atom is -0.460 e. The van der Waals surface area contributed by atoms with Gasteiger partial charge in [-0.15, -0.1) is 0 Å². The molecule has 16 heavy (non-hydrogen) atoms. The van der Waals surface area contributed by atoms with Gasteiger partial charge in [0.25, 0.3) is 0 Å². The van der Waals surface area contributed by atoms with Gasteiger partial charge in [0.2, 0.25) is 5.91 Å². The summed E-state index contributed by atoms with van der Waals surface area (Å²) in [6, 6.07) is 0. The van der Waals surface area contributed by atoms with Crippen molar-refractivity contribution in [1.29, 1.82) is 0 Å². The maximum Gasteiger partial charge on any atom is 0.302 e. The van der Waals surface area contributed by atoms with Crippen molar-refractivity contribution >= 4 is 11.9 Å². The van der Waals surface area contributed by atoms with Gasteiger partial charge in [-0.05, 0) is 32.1 Å². The SMILES string of the molecule is CC(=O)O[C@H]1CCCC[C@@]12CCCC(=O)N2. The highest BCUT2D eigenvalue weighted by atomic mass is 16.5. The van der Waals surface area contributed by atoms with Gasteiger partial charge in [-0.1, -0.05) is 6.42 Å². The van der Waals surface area contributed by atoms with Gasteiger partial charge in [-0.2, -0.15) is 0 Å². The van der Waals surface area contributed by atoms with E-state index in [0.29, 0.717) is 6.42 Å². The lowest BCUT2D eigenvalue weighted by atomic mass is 9.74. The number of carbonyl (C=O) groups is 2. The molecule has 1 saturated carbocycles. The van der Waals surface area contributed by atoms with Gasteiger partial charge < -0.3 is 10.1 Å². The largest absolute Gasteiger partial charge is 0.460 e. The average molecular weight is 225 g/mol. The molecule has 1 aliphatic carbocycles. The molecule has 2 fully saturated rings. The van der Waals surface area contributed by atoms with Crippen LogP contribution < -0.4 is 5.32 Å². The lowest BCUT2D eigenvalue weighted by molar-refractivity contribution is -0.156. The molecule has 1 aliphatic heterocycles. The van der Waals surface area contributed by atoms with Crippen molar-refractivity contribution in [3.8, 4) is 0 Å². The zero-order chi connectivity index (χ0) is 11.6. The van der Waals surface area contributed by atoms with Crippen molar-refractivity contribution in [2.75, 3.05) is 0 Å². The molecule has 0 bridgehead atoms. The van der Waals surface area contributed by atoms with Crippen LogP contribution in [-0.2, 0) is 14.3 Å². The van der Waals surface area contributed by atoms with E-state index in [1.54, 1.807) is 0 Å². The van der Waals surface area contributed by atoms with Crippen LogP contribution in [-0.4, -0.2) is 23.5 Å². The van der Waals surface area contributed by atoms with Gasteiger partial charge in [0.1, 0.15) is 6.10 Å². The Morgan fingerprint density at radius 1 is 1.38 bits per heavy atom. The highest BCUT2D eigenvalue weighted by Crippen LogP contribution is 2.37. The summed E-state index contributed by atoms with van der Waals surface area (Å²) in [5, 5.41) is 3.07. The van der Waals surface area contributed by atoms with E-state index in [1.165, 1.54) is 6.92 Å². The summed E-state index contributed by atoms with van der Waals surface area (Å²) in [7, 11) is 0. The zero-order valence-corrected chi connectivity index (χ0v) is 9.75.